The fourth-order valence-corrected chi connectivity index (χ4v) is 5.13. The summed E-state index contributed by atoms with van der Waals surface area (Å²) in [4.78, 5) is 22.6. The second-order valence-corrected chi connectivity index (χ2v) is 6.83. The lowest BCUT2D eigenvalue weighted by molar-refractivity contribution is -0.183. The molecule has 4 bridgehead atoms. The molecule has 2 atom stereocenters. The maximum absolute atomic E-state index is 11.6. The maximum Gasteiger partial charge on any atom is 0.309 e. The molecular formula is C14H20O4. The number of esters is 1. The van der Waals surface area contributed by atoms with Crippen molar-refractivity contribution < 1.29 is 19.4 Å². The largest absolute Gasteiger partial charge is 0.481 e. The third-order valence-electron chi connectivity index (χ3n) is 5.22. The van der Waals surface area contributed by atoms with Crippen LogP contribution in [0.1, 0.15) is 45.4 Å². The van der Waals surface area contributed by atoms with Crippen molar-refractivity contribution in [3.05, 3.63) is 0 Å². The minimum atomic E-state index is -0.635. The van der Waals surface area contributed by atoms with E-state index in [0.717, 1.165) is 25.7 Å². The highest BCUT2D eigenvalue weighted by molar-refractivity contribution is 5.75. The average Bonchev–Trinajstić information content (AvgIpc) is 2.24. The van der Waals surface area contributed by atoms with E-state index in [-0.39, 0.29) is 11.4 Å². The quantitative estimate of drug-likeness (QED) is 0.782. The van der Waals surface area contributed by atoms with Crippen molar-refractivity contribution in [3.8, 4) is 0 Å². The van der Waals surface area contributed by atoms with Crippen LogP contribution >= 0.6 is 0 Å². The number of ether oxygens (including phenoxy) is 1. The molecule has 0 amide bonds. The van der Waals surface area contributed by atoms with Crippen molar-refractivity contribution in [1.82, 2.24) is 0 Å². The van der Waals surface area contributed by atoms with Gasteiger partial charge in [-0.15, -0.1) is 0 Å². The summed E-state index contributed by atoms with van der Waals surface area (Å²) in [7, 11) is 0. The predicted molar refractivity (Wildman–Crippen MR) is 63.8 cm³/mol. The normalized spacial score (nSPS) is 44.9. The van der Waals surface area contributed by atoms with Crippen molar-refractivity contribution >= 4 is 11.9 Å². The molecular weight excluding hydrogens is 232 g/mol. The third kappa shape index (κ3) is 1.73. The number of carboxylic acid groups (broad SMARTS) is 1. The van der Waals surface area contributed by atoms with Crippen molar-refractivity contribution in [1.29, 1.82) is 0 Å². The molecule has 4 aliphatic rings. The van der Waals surface area contributed by atoms with Crippen molar-refractivity contribution in [3.63, 3.8) is 0 Å². The van der Waals surface area contributed by atoms with Gasteiger partial charge in [0.05, 0.1) is 12.0 Å². The number of hydrogen-bond acceptors (Lipinski definition) is 3. The zero-order valence-corrected chi connectivity index (χ0v) is 10.8. The lowest BCUT2D eigenvalue weighted by atomic mass is 9.44. The second kappa shape index (κ2) is 3.72. The Morgan fingerprint density at radius 2 is 1.83 bits per heavy atom. The molecule has 1 N–H and O–H groups in total. The average molecular weight is 252 g/mol. The van der Waals surface area contributed by atoms with E-state index in [2.05, 4.69) is 0 Å². The van der Waals surface area contributed by atoms with Gasteiger partial charge in [-0.3, -0.25) is 9.59 Å². The monoisotopic (exact) mass is 252 g/mol. The van der Waals surface area contributed by atoms with Crippen LogP contribution in [0.2, 0.25) is 0 Å². The summed E-state index contributed by atoms with van der Waals surface area (Å²) in [6, 6.07) is 0. The standard InChI is InChI=1S/C14H20O4/c1-9(15)18-8-13-3-10-2-11(4-13)6-14(5-10,7-13)12(16)17/h10-11H,2-8H2,1H3,(H,16,17). The summed E-state index contributed by atoms with van der Waals surface area (Å²) in [5.41, 5.74) is -0.571. The summed E-state index contributed by atoms with van der Waals surface area (Å²) in [6.45, 7) is 1.85. The topological polar surface area (TPSA) is 63.6 Å². The first-order valence-electron chi connectivity index (χ1n) is 6.80. The van der Waals surface area contributed by atoms with E-state index in [1.165, 1.54) is 13.3 Å². The minimum Gasteiger partial charge on any atom is -0.481 e. The van der Waals surface area contributed by atoms with Crippen LogP contribution in [0.3, 0.4) is 0 Å². The highest BCUT2D eigenvalue weighted by Crippen LogP contribution is 2.65. The zero-order chi connectivity index (χ0) is 13.0. The molecule has 4 fully saturated rings. The van der Waals surface area contributed by atoms with Gasteiger partial charge in [-0.25, -0.2) is 0 Å². The summed E-state index contributed by atoms with van der Waals surface area (Å²) in [6.07, 6.45) is 5.64. The fourth-order valence-electron chi connectivity index (χ4n) is 5.13. The fraction of sp³-hybridized carbons (Fsp3) is 0.857. The lowest BCUT2D eigenvalue weighted by Gasteiger charge is -2.60. The zero-order valence-electron chi connectivity index (χ0n) is 10.8. The Morgan fingerprint density at radius 3 is 2.33 bits per heavy atom. The number of aliphatic carboxylic acids is 1. The van der Waals surface area contributed by atoms with Gasteiger partial charge >= 0.3 is 11.9 Å². The number of carboxylic acids is 1. The summed E-state index contributed by atoms with van der Waals surface area (Å²) in [5, 5.41) is 9.56. The first kappa shape index (κ1) is 12.0. The Labute approximate surface area is 107 Å². The SMILES string of the molecule is CC(=O)OCC12CC3CC(C1)CC(C(=O)O)(C3)C2. The van der Waals surface area contributed by atoms with Gasteiger partial charge in [0.25, 0.3) is 0 Å². The summed E-state index contributed by atoms with van der Waals surface area (Å²) >= 11 is 0. The van der Waals surface area contributed by atoms with Gasteiger partial charge in [0, 0.05) is 12.3 Å². The van der Waals surface area contributed by atoms with E-state index < -0.39 is 11.4 Å². The number of rotatable bonds is 3. The number of hydrogen-bond donors (Lipinski definition) is 1. The first-order chi connectivity index (χ1) is 8.43. The molecule has 0 radical (unpaired) electrons. The predicted octanol–water partition coefficient (Wildman–Crippen LogP) is 2.22. The summed E-state index contributed by atoms with van der Waals surface area (Å²) in [5.74, 6) is 0.162. The van der Waals surface area contributed by atoms with Gasteiger partial charge in [-0.2, -0.15) is 0 Å². The van der Waals surface area contributed by atoms with E-state index in [9.17, 15) is 14.7 Å². The molecule has 100 valence electrons. The molecule has 0 spiro atoms. The minimum absolute atomic E-state index is 0.0475. The van der Waals surface area contributed by atoms with Crippen LogP contribution in [0.4, 0.5) is 0 Å². The van der Waals surface area contributed by atoms with E-state index in [1.807, 2.05) is 0 Å². The van der Waals surface area contributed by atoms with Crippen molar-refractivity contribution in [2.24, 2.45) is 22.7 Å². The molecule has 18 heavy (non-hydrogen) atoms. The molecule has 4 rings (SSSR count). The van der Waals surface area contributed by atoms with E-state index in [4.69, 9.17) is 4.74 Å². The van der Waals surface area contributed by atoms with Gasteiger partial charge in [0.15, 0.2) is 0 Å². The van der Waals surface area contributed by atoms with Crippen LogP contribution in [-0.2, 0) is 14.3 Å². The van der Waals surface area contributed by atoms with Crippen molar-refractivity contribution in [2.45, 2.75) is 45.4 Å². The highest BCUT2D eigenvalue weighted by atomic mass is 16.5. The van der Waals surface area contributed by atoms with Gasteiger partial charge in [0.1, 0.15) is 0 Å². The van der Waals surface area contributed by atoms with Crippen LogP contribution in [-0.4, -0.2) is 23.7 Å². The first-order valence-corrected chi connectivity index (χ1v) is 6.80. The molecule has 0 aromatic heterocycles. The van der Waals surface area contributed by atoms with Crippen LogP contribution in [0.15, 0.2) is 0 Å². The molecule has 0 aromatic rings. The molecule has 0 aliphatic heterocycles. The molecule has 0 saturated heterocycles. The molecule has 4 saturated carbocycles. The van der Waals surface area contributed by atoms with Crippen LogP contribution in [0, 0.1) is 22.7 Å². The maximum atomic E-state index is 11.6. The Morgan fingerprint density at radius 1 is 1.22 bits per heavy atom. The van der Waals surface area contributed by atoms with Crippen LogP contribution in [0.5, 0.6) is 0 Å². The molecule has 4 nitrogen and oxygen atoms in total. The Kier molecular flexibility index (Phi) is 2.48. The van der Waals surface area contributed by atoms with E-state index in [0.29, 0.717) is 24.9 Å². The molecule has 4 aliphatic carbocycles. The van der Waals surface area contributed by atoms with Crippen LogP contribution in [0.25, 0.3) is 0 Å². The van der Waals surface area contributed by atoms with Gasteiger partial charge in [0.2, 0.25) is 0 Å². The Bertz CT molecular complexity index is 387. The number of carbonyl (C=O) groups excluding carboxylic acids is 1. The van der Waals surface area contributed by atoms with E-state index >= 15 is 0 Å². The van der Waals surface area contributed by atoms with Gasteiger partial charge in [-0.05, 0) is 50.4 Å². The second-order valence-electron chi connectivity index (χ2n) is 6.83. The van der Waals surface area contributed by atoms with Crippen LogP contribution < -0.4 is 0 Å². The molecule has 4 heteroatoms. The summed E-state index contributed by atoms with van der Waals surface area (Å²) < 4.78 is 5.22. The highest BCUT2D eigenvalue weighted by Gasteiger charge is 2.61. The van der Waals surface area contributed by atoms with Crippen molar-refractivity contribution in [2.75, 3.05) is 6.61 Å². The Balaban J connectivity index is 1.85. The van der Waals surface area contributed by atoms with E-state index in [1.54, 1.807) is 0 Å². The molecule has 2 unspecified atom stereocenters. The smallest absolute Gasteiger partial charge is 0.309 e. The number of carbonyl (C=O) groups is 2. The van der Waals surface area contributed by atoms with Gasteiger partial charge < -0.3 is 9.84 Å². The molecule has 0 aromatic carbocycles. The molecule has 0 heterocycles. The Hall–Kier alpha value is -1.06. The van der Waals surface area contributed by atoms with Gasteiger partial charge in [-0.1, -0.05) is 0 Å². The lowest BCUT2D eigenvalue weighted by Crippen LogP contribution is -2.56. The third-order valence-corrected chi connectivity index (χ3v) is 5.22.